The molecule has 0 aliphatic heterocycles. The van der Waals surface area contributed by atoms with Crippen molar-refractivity contribution in [2.24, 2.45) is 17.8 Å². The molecule has 1 fully saturated rings. The third-order valence-electron chi connectivity index (χ3n) is 5.25. The Morgan fingerprint density at radius 3 is 2.50 bits per heavy atom. The minimum Gasteiger partial charge on any atom is -0.0625 e. The first-order chi connectivity index (χ1) is 9.66. The van der Waals surface area contributed by atoms with Gasteiger partial charge in [0.25, 0.3) is 0 Å². The van der Waals surface area contributed by atoms with Crippen LogP contribution in [0.3, 0.4) is 0 Å². The second-order valence-electron chi connectivity index (χ2n) is 7.00. The van der Waals surface area contributed by atoms with Gasteiger partial charge in [-0.25, -0.2) is 0 Å². The summed E-state index contributed by atoms with van der Waals surface area (Å²) in [5, 5.41) is 2.87. The molecule has 3 atom stereocenters. The first-order valence-corrected chi connectivity index (χ1v) is 8.14. The third-order valence-corrected chi connectivity index (χ3v) is 5.25. The normalized spacial score (nSPS) is 27.1. The van der Waals surface area contributed by atoms with Gasteiger partial charge < -0.3 is 0 Å². The van der Waals surface area contributed by atoms with Gasteiger partial charge in [-0.05, 0) is 52.8 Å². The molecule has 0 spiro atoms. The summed E-state index contributed by atoms with van der Waals surface area (Å²) in [5.74, 6) is 3.24. The van der Waals surface area contributed by atoms with Gasteiger partial charge in [-0.2, -0.15) is 0 Å². The molecule has 0 heterocycles. The van der Waals surface area contributed by atoms with E-state index in [1.807, 2.05) is 0 Å². The maximum Gasteiger partial charge on any atom is -0.0122 e. The Kier molecular flexibility index (Phi) is 3.83. The van der Waals surface area contributed by atoms with Gasteiger partial charge >= 0.3 is 0 Å². The summed E-state index contributed by atoms with van der Waals surface area (Å²) in [4.78, 5) is 0. The average molecular weight is 266 g/mol. The summed E-state index contributed by atoms with van der Waals surface area (Å²) < 4.78 is 0. The SMILES string of the molecule is CC1CCC(C(C)C)C(c2cccc3ccccc23)C1. The van der Waals surface area contributed by atoms with Crippen molar-refractivity contribution in [3.05, 3.63) is 48.0 Å². The van der Waals surface area contributed by atoms with Crippen LogP contribution in [0.15, 0.2) is 42.5 Å². The van der Waals surface area contributed by atoms with Crippen molar-refractivity contribution in [3.8, 4) is 0 Å². The zero-order valence-electron chi connectivity index (χ0n) is 13.0. The molecule has 0 heteroatoms. The Morgan fingerprint density at radius 2 is 1.70 bits per heavy atom. The lowest BCUT2D eigenvalue weighted by atomic mass is 9.67. The molecular formula is C20H26. The molecule has 3 unspecified atom stereocenters. The first kappa shape index (κ1) is 13.7. The van der Waals surface area contributed by atoms with Crippen LogP contribution in [0.4, 0.5) is 0 Å². The molecule has 2 aromatic rings. The Hall–Kier alpha value is -1.30. The number of fused-ring (bicyclic) bond motifs is 1. The quantitative estimate of drug-likeness (QED) is 0.624. The van der Waals surface area contributed by atoms with Crippen molar-refractivity contribution >= 4 is 10.8 Å². The zero-order chi connectivity index (χ0) is 14.1. The van der Waals surface area contributed by atoms with Gasteiger partial charge in [-0.3, -0.25) is 0 Å². The minimum absolute atomic E-state index is 0.741. The monoisotopic (exact) mass is 266 g/mol. The van der Waals surface area contributed by atoms with Crippen molar-refractivity contribution in [2.75, 3.05) is 0 Å². The van der Waals surface area contributed by atoms with Gasteiger partial charge in [-0.1, -0.05) is 69.7 Å². The molecule has 0 nitrogen and oxygen atoms in total. The van der Waals surface area contributed by atoms with E-state index >= 15 is 0 Å². The fraction of sp³-hybridized carbons (Fsp3) is 0.500. The maximum absolute atomic E-state index is 2.43. The highest BCUT2D eigenvalue weighted by molar-refractivity contribution is 5.86. The lowest BCUT2D eigenvalue weighted by Crippen LogP contribution is -2.26. The predicted octanol–water partition coefficient (Wildman–Crippen LogP) is 6.02. The molecule has 0 radical (unpaired) electrons. The number of benzene rings is 2. The van der Waals surface area contributed by atoms with Gasteiger partial charge in [0, 0.05) is 0 Å². The number of rotatable bonds is 2. The fourth-order valence-corrected chi connectivity index (χ4v) is 4.13. The van der Waals surface area contributed by atoms with Crippen molar-refractivity contribution in [2.45, 2.75) is 46.0 Å². The lowest BCUT2D eigenvalue weighted by molar-refractivity contribution is 0.198. The van der Waals surface area contributed by atoms with Crippen LogP contribution in [0.5, 0.6) is 0 Å². The van der Waals surface area contributed by atoms with E-state index in [2.05, 4.69) is 63.2 Å². The second kappa shape index (κ2) is 5.60. The Labute approximate surface area is 123 Å². The van der Waals surface area contributed by atoms with Crippen LogP contribution >= 0.6 is 0 Å². The van der Waals surface area contributed by atoms with Crippen LogP contribution in [-0.4, -0.2) is 0 Å². The highest BCUT2D eigenvalue weighted by Gasteiger charge is 2.32. The average Bonchev–Trinajstić information content (AvgIpc) is 2.46. The van der Waals surface area contributed by atoms with E-state index in [9.17, 15) is 0 Å². The molecule has 0 amide bonds. The summed E-state index contributed by atoms with van der Waals surface area (Å²) in [6, 6.07) is 15.7. The van der Waals surface area contributed by atoms with Crippen molar-refractivity contribution in [1.82, 2.24) is 0 Å². The Balaban J connectivity index is 2.07. The van der Waals surface area contributed by atoms with Crippen LogP contribution in [0.1, 0.15) is 51.5 Å². The van der Waals surface area contributed by atoms with E-state index in [4.69, 9.17) is 0 Å². The van der Waals surface area contributed by atoms with E-state index in [0.717, 1.165) is 23.7 Å². The van der Waals surface area contributed by atoms with Crippen molar-refractivity contribution < 1.29 is 0 Å². The largest absolute Gasteiger partial charge is 0.0625 e. The highest BCUT2D eigenvalue weighted by atomic mass is 14.4. The fourth-order valence-electron chi connectivity index (χ4n) is 4.13. The molecule has 0 N–H and O–H groups in total. The van der Waals surface area contributed by atoms with E-state index in [1.54, 1.807) is 5.56 Å². The lowest BCUT2D eigenvalue weighted by Gasteiger charge is -2.38. The molecule has 106 valence electrons. The van der Waals surface area contributed by atoms with Crippen LogP contribution < -0.4 is 0 Å². The predicted molar refractivity (Wildman–Crippen MR) is 88.0 cm³/mol. The molecule has 0 bridgehead atoms. The van der Waals surface area contributed by atoms with E-state index in [-0.39, 0.29) is 0 Å². The molecule has 0 saturated heterocycles. The van der Waals surface area contributed by atoms with Gasteiger partial charge in [0.2, 0.25) is 0 Å². The number of hydrogen-bond acceptors (Lipinski definition) is 0. The molecule has 2 aromatic carbocycles. The molecule has 0 aromatic heterocycles. The number of hydrogen-bond donors (Lipinski definition) is 0. The van der Waals surface area contributed by atoms with Crippen LogP contribution in [0.25, 0.3) is 10.8 Å². The van der Waals surface area contributed by atoms with Gasteiger partial charge in [0.05, 0.1) is 0 Å². The summed E-state index contributed by atoms with van der Waals surface area (Å²) >= 11 is 0. The standard InChI is InChI=1S/C20H26/c1-14(2)17-12-11-15(3)13-20(17)19-10-6-8-16-7-4-5-9-18(16)19/h4-10,14-15,17,20H,11-13H2,1-3H3. The zero-order valence-corrected chi connectivity index (χ0v) is 13.0. The maximum atomic E-state index is 2.43. The molecule has 3 rings (SSSR count). The van der Waals surface area contributed by atoms with Gasteiger partial charge in [-0.15, -0.1) is 0 Å². The molecule has 1 aliphatic rings. The summed E-state index contributed by atoms with van der Waals surface area (Å²) in [7, 11) is 0. The molecule has 20 heavy (non-hydrogen) atoms. The van der Waals surface area contributed by atoms with Crippen molar-refractivity contribution in [3.63, 3.8) is 0 Å². The van der Waals surface area contributed by atoms with E-state index in [0.29, 0.717) is 0 Å². The Morgan fingerprint density at radius 1 is 0.950 bits per heavy atom. The molecular weight excluding hydrogens is 240 g/mol. The van der Waals surface area contributed by atoms with Crippen LogP contribution in [0.2, 0.25) is 0 Å². The first-order valence-electron chi connectivity index (χ1n) is 8.14. The summed E-state index contributed by atoms with van der Waals surface area (Å²) in [6.45, 7) is 7.23. The summed E-state index contributed by atoms with van der Waals surface area (Å²) in [5.41, 5.74) is 1.59. The minimum atomic E-state index is 0.741. The highest BCUT2D eigenvalue weighted by Crippen LogP contribution is 2.45. The van der Waals surface area contributed by atoms with E-state index < -0.39 is 0 Å². The van der Waals surface area contributed by atoms with Crippen LogP contribution in [-0.2, 0) is 0 Å². The second-order valence-corrected chi connectivity index (χ2v) is 7.00. The van der Waals surface area contributed by atoms with Crippen molar-refractivity contribution in [1.29, 1.82) is 0 Å². The third kappa shape index (κ3) is 2.49. The smallest absolute Gasteiger partial charge is 0.0122 e. The van der Waals surface area contributed by atoms with Crippen LogP contribution in [0, 0.1) is 17.8 Å². The molecule has 1 aliphatic carbocycles. The Bertz CT molecular complexity index is 576. The van der Waals surface area contributed by atoms with Gasteiger partial charge in [0.1, 0.15) is 0 Å². The summed E-state index contributed by atoms with van der Waals surface area (Å²) in [6.07, 6.45) is 4.16. The molecule has 1 saturated carbocycles. The van der Waals surface area contributed by atoms with Gasteiger partial charge in [0.15, 0.2) is 0 Å². The van der Waals surface area contributed by atoms with E-state index in [1.165, 1.54) is 30.0 Å². The topological polar surface area (TPSA) is 0 Å².